The first-order valence-electron chi connectivity index (χ1n) is 7.29. The minimum Gasteiger partial charge on any atom is -0.497 e. The molecule has 0 radical (unpaired) electrons. The second-order valence-electron chi connectivity index (χ2n) is 5.33. The fourth-order valence-electron chi connectivity index (χ4n) is 2.87. The highest BCUT2D eigenvalue weighted by Crippen LogP contribution is 2.34. The number of aryl methyl sites for hydroxylation is 2. The summed E-state index contributed by atoms with van der Waals surface area (Å²) in [6.45, 7) is 0. The van der Waals surface area contributed by atoms with Crippen LogP contribution in [0.1, 0.15) is 11.1 Å². The molecule has 0 N–H and O–H groups in total. The Kier molecular flexibility index (Phi) is 3.07. The van der Waals surface area contributed by atoms with E-state index < -0.39 is 0 Å². The number of methoxy groups -OCH3 is 1. The molecule has 0 fully saturated rings. The van der Waals surface area contributed by atoms with Crippen molar-refractivity contribution in [1.82, 2.24) is 15.0 Å². The van der Waals surface area contributed by atoms with E-state index >= 15 is 0 Å². The van der Waals surface area contributed by atoms with Crippen LogP contribution in [-0.4, -0.2) is 22.1 Å². The number of hydrogen-bond donors (Lipinski definition) is 0. The predicted octanol–water partition coefficient (Wildman–Crippen LogP) is 3.31. The Bertz CT molecular complexity index is 831. The highest BCUT2D eigenvalue weighted by atomic mass is 16.5. The fraction of sp³-hybridized carbons (Fsp3) is 0.167. The van der Waals surface area contributed by atoms with Gasteiger partial charge in [-0.15, -0.1) is 0 Å². The van der Waals surface area contributed by atoms with E-state index in [-0.39, 0.29) is 0 Å². The zero-order valence-electron chi connectivity index (χ0n) is 12.3. The summed E-state index contributed by atoms with van der Waals surface area (Å²) in [5.41, 5.74) is 5.69. The van der Waals surface area contributed by atoms with Crippen LogP contribution in [0.5, 0.6) is 5.75 Å². The molecule has 108 valence electrons. The minimum atomic E-state index is 0.741. The van der Waals surface area contributed by atoms with Gasteiger partial charge in [0.25, 0.3) is 0 Å². The summed E-state index contributed by atoms with van der Waals surface area (Å²) in [5.74, 6) is 1.63. The van der Waals surface area contributed by atoms with E-state index in [0.717, 1.165) is 35.7 Å². The molecule has 0 saturated heterocycles. The largest absolute Gasteiger partial charge is 0.497 e. The molecule has 4 heteroatoms. The average Bonchev–Trinajstić information content (AvgIpc) is 2.61. The maximum absolute atomic E-state index is 5.32. The Morgan fingerprint density at radius 3 is 2.64 bits per heavy atom. The van der Waals surface area contributed by atoms with Crippen molar-refractivity contribution in [3.8, 4) is 28.4 Å². The van der Waals surface area contributed by atoms with Gasteiger partial charge in [-0.2, -0.15) is 0 Å². The van der Waals surface area contributed by atoms with Crippen molar-refractivity contribution >= 4 is 0 Å². The number of fused-ring (bicyclic) bond motifs is 3. The summed E-state index contributed by atoms with van der Waals surface area (Å²) >= 11 is 0. The van der Waals surface area contributed by atoms with Crippen LogP contribution < -0.4 is 4.74 Å². The summed E-state index contributed by atoms with van der Waals surface area (Å²) in [7, 11) is 1.70. The van der Waals surface area contributed by atoms with Crippen LogP contribution in [0.3, 0.4) is 0 Å². The van der Waals surface area contributed by atoms with Gasteiger partial charge in [0, 0.05) is 29.7 Å². The molecule has 2 heterocycles. The average molecular weight is 289 g/mol. The van der Waals surface area contributed by atoms with Gasteiger partial charge < -0.3 is 4.74 Å². The molecule has 0 bridgehead atoms. The number of aromatic nitrogens is 3. The topological polar surface area (TPSA) is 47.9 Å². The lowest BCUT2D eigenvalue weighted by Gasteiger charge is -2.19. The number of ether oxygens (including phenoxy) is 1. The number of benzene rings is 1. The molecule has 1 aromatic carbocycles. The Labute approximate surface area is 128 Å². The van der Waals surface area contributed by atoms with Crippen LogP contribution in [0.2, 0.25) is 0 Å². The Morgan fingerprint density at radius 1 is 1.00 bits per heavy atom. The third kappa shape index (κ3) is 2.13. The highest BCUT2D eigenvalue weighted by molar-refractivity contribution is 5.72. The van der Waals surface area contributed by atoms with Gasteiger partial charge in [-0.1, -0.05) is 0 Å². The predicted molar refractivity (Wildman–Crippen MR) is 84.7 cm³/mol. The van der Waals surface area contributed by atoms with E-state index in [2.05, 4.69) is 22.1 Å². The Hall–Kier alpha value is -2.75. The van der Waals surface area contributed by atoms with Gasteiger partial charge in [0.2, 0.25) is 0 Å². The smallest absolute Gasteiger partial charge is 0.159 e. The lowest BCUT2D eigenvalue weighted by molar-refractivity contribution is 0.414. The van der Waals surface area contributed by atoms with Crippen molar-refractivity contribution in [2.75, 3.05) is 7.11 Å². The summed E-state index contributed by atoms with van der Waals surface area (Å²) in [6, 6.07) is 10.0. The number of nitrogens with zero attached hydrogens (tertiary/aromatic N) is 3. The Balaban J connectivity index is 1.85. The van der Waals surface area contributed by atoms with Crippen molar-refractivity contribution in [3.63, 3.8) is 0 Å². The lowest BCUT2D eigenvalue weighted by atomic mass is 9.89. The molecule has 0 atom stereocenters. The van der Waals surface area contributed by atoms with Crippen LogP contribution in [0.15, 0.2) is 48.9 Å². The molecule has 2 aromatic heterocycles. The molecule has 0 aliphatic heterocycles. The molecule has 3 aromatic rings. The molecule has 0 unspecified atom stereocenters. The van der Waals surface area contributed by atoms with Crippen LogP contribution in [0.4, 0.5) is 0 Å². The van der Waals surface area contributed by atoms with E-state index in [4.69, 9.17) is 9.72 Å². The zero-order chi connectivity index (χ0) is 14.9. The highest BCUT2D eigenvalue weighted by Gasteiger charge is 2.19. The van der Waals surface area contributed by atoms with E-state index in [1.54, 1.807) is 19.5 Å². The minimum absolute atomic E-state index is 0.741. The normalized spacial score (nSPS) is 12.4. The number of rotatable bonds is 2. The monoisotopic (exact) mass is 289 g/mol. The zero-order valence-corrected chi connectivity index (χ0v) is 12.3. The molecule has 0 saturated carbocycles. The maximum Gasteiger partial charge on any atom is 0.159 e. The van der Waals surface area contributed by atoms with Gasteiger partial charge >= 0.3 is 0 Å². The third-order valence-electron chi connectivity index (χ3n) is 4.03. The van der Waals surface area contributed by atoms with Crippen LogP contribution in [-0.2, 0) is 12.8 Å². The first-order valence-corrected chi connectivity index (χ1v) is 7.29. The van der Waals surface area contributed by atoms with E-state index in [1.165, 1.54) is 16.7 Å². The van der Waals surface area contributed by atoms with Gasteiger partial charge in [-0.3, -0.25) is 4.98 Å². The van der Waals surface area contributed by atoms with E-state index in [1.807, 2.05) is 24.4 Å². The van der Waals surface area contributed by atoms with Crippen molar-refractivity contribution < 1.29 is 4.74 Å². The van der Waals surface area contributed by atoms with Gasteiger partial charge in [0.1, 0.15) is 5.75 Å². The van der Waals surface area contributed by atoms with Crippen LogP contribution in [0, 0.1) is 0 Å². The summed E-state index contributed by atoms with van der Waals surface area (Å²) in [4.78, 5) is 13.3. The molecule has 1 aliphatic carbocycles. The fourth-order valence-corrected chi connectivity index (χ4v) is 2.87. The van der Waals surface area contributed by atoms with Crippen molar-refractivity contribution in [2.24, 2.45) is 0 Å². The first kappa shape index (κ1) is 13.0. The van der Waals surface area contributed by atoms with Gasteiger partial charge in [-0.05, 0) is 54.3 Å². The van der Waals surface area contributed by atoms with Crippen LogP contribution >= 0.6 is 0 Å². The standard InChI is InChI=1S/C18H15N3O/c1-22-15-4-5-16-13(10-15)2-3-14-11-20-18(21-17(14)16)12-6-8-19-9-7-12/h4-11H,2-3H2,1H3. The lowest BCUT2D eigenvalue weighted by Crippen LogP contribution is -2.07. The molecule has 22 heavy (non-hydrogen) atoms. The SMILES string of the molecule is COc1ccc2c(c1)CCc1cnc(-c3ccncc3)nc1-2. The summed E-state index contributed by atoms with van der Waals surface area (Å²) < 4.78 is 5.32. The number of hydrogen-bond acceptors (Lipinski definition) is 4. The number of pyridine rings is 1. The van der Waals surface area contributed by atoms with Gasteiger partial charge in [-0.25, -0.2) is 9.97 Å². The van der Waals surface area contributed by atoms with Crippen molar-refractivity contribution in [1.29, 1.82) is 0 Å². The first-order chi connectivity index (χ1) is 10.8. The molecule has 0 spiro atoms. The van der Waals surface area contributed by atoms with Crippen molar-refractivity contribution in [2.45, 2.75) is 12.8 Å². The molecule has 1 aliphatic rings. The summed E-state index contributed by atoms with van der Waals surface area (Å²) in [5, 5.41) is 0. The third-order valence-corrected chi connectivity index (χ3v) is 4.03. The molecule has 4 nitrogen and oxygen atoms in total. The van der Waals surface area contributed by atoms with E-state index in [9.17, 15) is 0 Å². The van der Waals surface area contributed by atoms with Gasteiger partial charge in [0.15, 0.2) is 5.82 Å². The van der Waals surface area contributed by atoms with Crippen LogP contribution in [0.25, 0.3) is 22.6 Å². The molecular weight excluding hydrogens is 274 g/mol. The van der Waals surface area contributed by atoms with Gasteiger partial charge in [0.05, 0.1) is 12.8 Å². The molecule has 4 rings (SSSR count). The second-order valence-corrected chi connectivity index (χ2v) is 5.33. The second kappa shape index (κ2) is 5.22. The van der Waals surface area contributed by atoms with Crippen molar-refractivity contribution in [3.05, 3.63) is 60.0 Å². The molecular formula is C18H15N3O. The summed E-state index contributed by atoms with van der Waals surface area (Å²) in [6.07, 6.45) is 7.43. The Morgan fingerprint density at radius 2 is 1.82 bits per heavy atom. The van der Waals surface area contributed by atoms with E-state index in [0.29, 0.717) is 0 Å². The quantitative estimate of drug-likeness (QED) is 0.726. The maximum atomic E-state index is 5.32. The molecule has 0 amide bonds.